The van der Waals surface area contributed by atoms with E-state index in [1.807, 2.05) is 6.08 Å². The van der Waals surface area contributed by atoms with Crippen molar-refractivity contribution < 1.29 is 5.11 Å². The van der Waals surface area contributed by atoms with Gasteiger partial charge in [0.25, 0.3) is 0 Å². The van der Waals surface area contributed by atoms with Crippen LogP contribution in [0.25, 0.3) is 0 Å². The van der Waals surface area contributed by atoms with E-state index in [4.69, 9.17) is 10.8 Å². The van der Waals surface area contributed by atoms with Gasteiger partial charge < -0.3 is 10.8 Å². The van der Waals surface area contributed by atoms with Crippen LogP contribution in [0.3, 0.4) is 0 Å². The SMILES string of the molecule is CC(CCO)CCCC=CCN. The smallest absolute Gasteiger partial charge is 0.0433 e. The molecule has 0 aliphatic heterocycles. The number of aliphatic hydroxyl groups excluding tert-OH is 1. The molecule has 0 heterocycles. The lowest BCUT2D eigenvalue weighted by Crippen LogP contribution is -1.97. The van der Waals surface area contributed by atoms with Crippen LogP contribution in [0.15, 0.2) is 12.2 Å². The summed E-state index contributed by atoms with van der Waals surface area (Å²) in [5.41, 5.74) is 5.30. The van der Waals surface area contributed by atoms with E-state index in [9.17, 15) is 0 Å². The highest BCUT2D eigenvalue weighted by molar-refractivity contribution is 4.82. The van der Waals surface area contributed by atoms with Gasteiger partial charge in [-0.05, 0) is 25.2 Å². The summed E-state index contributed by atoms with van der Waals surface area (Å²) in [6.45, 7) is 3.15. The Morgan fingerprint density at radius 2 is 2.08 bits per heavy atom. The Kier molecular flexibility index (Phi) is 8.51. The Bertz CT molecular complexity index is 112. The van der Waals surface area contributed by atoms with Gasteiger partial charge in [-0.25, -0.2) is 0 Å². The minimum Gasteiger partial charge on any atom is -0.396 e. The molecule has 0 aromatic rings. The molecule has 0 aliphatic rings. The van der Waals surface area contributed by atoms with Gasteiger partial charge in [-0.1, -0.05) is 25.5 Å². The van der Waals surface area contributed by atoms with E-state index >= 15 is 0 Å². The summed E-state index contributed by atoms with van der Waals surface area (Å²) in [7, 11) is 0. The molecule has 1 unspecified atom stereocenters. The molecule has 2 nitrogen and oxygen atoms in total. The number of hydrogen-bond acceptors (Lipinski definition) is 2. The van der Waals surface area contributed by atoms with Crippen molar-refractivity contribution in [2.24, 2.45) is 11.7 Å². The molecular weight excluding hydrogens is 150 g/mol. The molecule has 12 heavy (non-hydrogen) atoms. The molecule has 0 saturated heterocycles. The normalized spacial score (nSPS) is 13.9. The standard InChI is InChI=1S/C10H21NO/c1-10(7-9-12)6-4-2-3-5-8-11/h3,5,10,12H,2,4,6-9,11H2,1H3. The predicted molar refractivity (Wildman–Crippen MR) is 52.9 cm³/mol. The maximum atomic E-state index is 8.65. The summed E-state index contributed by atoms with van der Waals surface area (Å²) in [6, 6.07) is 0. The molecule has 0 spiro atoms. The lowest BCUT2D eigenvalue weighted by molar-refractivity contribution is 0.257. The topological polar surface area (TPSA) is 46.2 Å². The second-order valence-corrected chi connectivity index (χ2v) is 3.26. The highest BCUT2D eigenvalue weighted by Gasteiger charge is 1.98. The van der Waals surface area contributed by atoms with Crippen molar-refractivity contribution in [2.75, 3.05) is 13.2 Å². The number of rotatable bonds is 7. The quantitative estimate of drug-likeness (QED) is 0.452. The molecule has 0 amide bonds. The second-order valence-electron chi connectivity index (χ2n) is 3.26. The molecule has 0 aromatic heterocycles. The predicted octanol–water partition coefficient (Wildman–Crippen LogP) is 1.69. The Balaban J connectivity index is 3.13. The van der Waals surface area contributed by atoms with E-state index in [1.165, 1.54) is 12.8 Å². The molecule has 3 N–H and O–H groups in total. The van der Waals surface area contributed by atoms with Crippen molar-refractivity contribution in [3.63, 3.8) is 0 Å². The highest BCUT2D eigenvalue weighted by atomic mass is 16.2. The van der Waals surface area contributed by atoms with E-state index in [2.05, 4.69) is 13.0 Å². The van der Waals surface area contributed by atoms with Crippen LogP contribution < -0.4 is 5.73 Å². The van der Waals surface area contributed by atoms with Crippen molar-refractivity contribution in [3.8, 4) is 0 Å². The van der Waals surface area contributed by atoms with Crippen LogP contribution in [-0.4, -0.2) is 18.3 Å². The van der Waals surface area contributed by atoms with Gasteiger partial charge in [-0.3, -0.25) is 0 Å². The third-order valence-corrected chi connectivity index (χ3v) is 1.99. The largest absolute Gasteiger partial charge is 0.396 e. The van der Waals surface area contributed by atoms with Crippen molar-refractivity contribution in [2.45, 2.75) is 32.6 Å². The molecule has 0 radical (unpaired) electrons. The summed E-state index contributed by atoms with van der Waals surface area (Å²) in [6.07, 6.45) is 8.59. The van der Waals surface area contributed by atoms with Crippen LogP contribution in [-0.2, 0) is 0 Å². The molecule has 0 aliphatic carbocycles. The first-order valence-electron chi connectivity index (χ1n) is 4.77. The fraction of sp³-hybridized carbons (Fsp3) is 0.800. The van der Waals surface area contributed by atoms with Gasteiger partial charge in [-0.15, -0.1) is 0 Å². The van der Waals surface area contributed by atoms with Crippen molar-refractivity contribution >= 4 is 0 Å². The van der Waals surface area contributed by atoms with Gasteiger partial charge in [0.05, 0.1) is 0 Å². The zero-order valence-electron chi connectivity index (χ0n) is 8.00. The Hall–Kier alpha value is -0.340. The first-order valence-corrected chi connectivity index (χ1v) is 4.77. The summed E-state index contributed by atoms with van der Waals surface area (Å²) in [4.78, 5) is 0. The van der Waals surface area contributed by atoms with Crippen molar-refractivity contribution in [1.29, 1.82) is 0 Å². The lowest BCUT2D eigenvalue weighted by Gasteiger charge is -2.07. The Labute approximate surface area is 75.5 Å². The summed E-state index contributed by atoms with van der Waals surface area (Å²) < 4.78 is 0. The first kappa shape index (κ1) is 11.7. The van der Waals surface area contributed by atoms with Gasteiger partial charge >= 0.3 is 0 Å². The van der Waals surface area contributed by atoms with Gasteiger partial charge in [0.15, 0.2) is 0 Å². The maximum absolute atomic E-state index is 8.65. The number of hydrogen-bond donors (Lipinski definition) is 2. The fourth-order valence-corrected chi connectivity index (χ4v) is 1.16. The minimum atomic E-state index is 0.319. The molecule has 0 rings (SSSR count). The Morgan fingerprint density at radius 3 is 2.67 bits per heavy atom. The summed E-state index contributed by atoms with van der Waals surface area (Å²) in [5.74, 6) is 0.654. The van der Waals surface area contributed by atoms with Crippen molar-refractivity contribution in [1.82, 2.24) is 0 Å². The van der Waals surface area contributed by atoms with Crippen LogP contribution in [0.2, 0.25) is 0 Å². The molecule has 0 aromatic carbocycles. The lowest BCUT2D eigenvalue weighted by atomic mass is 10.0. The van der Waals surface area contributed by atoms with Gasteiger partial charge in [0, 0.05) is 13.2 Å². The van der Waals surface area contributed by atoms with E-state index in [-0.39, 0.29) is 0 Å². The molecule has 1 atom stereocenters. The molecule has 0 saturated carbocycles. The van der Waals surface area contributed by atoms with E-state index in [1.54, 1.807) is 0 Å². The fourth-order valence-electron chi connectivity index (χ4n) is 1.16. The van der Waals surface area contributed by atoms with Crippen LogP contribution in [0, 0.1) is 5.92 Å². The monoisotopic (exact) mass is 171 g/mol. The second kappa shape index (κ2) is 8.75. The average Bonchev–Trinajstić information content (AvgIpc) is 2.05. The van der Waals surface area contributed by atoms with E-state index in [0.717, 1.165) is 12.8 Å². The molecule has 72 valence electrons. The Morgan fingerprint density at radius 1 is 1.33 bits per heavy atom. The van der Waals surface area contributed by atoms with Gasteiger partial charge in [0.1, 0.15) is 0 Å². The molecule has 0 fully saturated rings. The summed E-state index contributed by atoms with van der Waals surface area (Å²) in [5, 5.41) is 8.65. The van der Waals surface area contributed by atoms with Gasteiger partial charge in [0.2, 0.25) is 0 Å². The third-order valence-electron chi connectivity index (χ3n) is 1.99. The molecular formula is C10H21NO. The molecule has 0 bridgehead atoms. The van der Waals surface area contributed by atoms with Crippen LogP contribution in [0.1, 0.15) is 32.6 Å². The van der Waals surface area contributed by atoms with E-state index in [0.29, 0.717) is 19.1 Å². The van der Waals surface area contributed by atoms with Gasteiger partial charge in [-0.2, -0.15) is 0 Å². The number of nitrogens with two attached hydrogens (primary N) is 1. The third kappa shape index (κ3) is 7.76. The number of allylic oxidation sites excluding steroid dienone is 1. The maximum Gasteiger partial charge on any atom is 0.0433 e. The van der Waals surface area contributed by atoms with Crippen LogP contribution in [0.4, 0.5) is 0 Å². The average molecular weight is 171 g/mol. The highest BCUT2D eigenvalue weighted by Crippen LogP contribution is 2.11. The first-order chi connectivity index (χ1) is 5.81. The zero-order chi connectivity index (χ0) is 9.23. The van der Waals surface area contributed by atoms with Crippen molar-refractivity contribution in [3.05, 3.63) is 12.2 Å². The van der Waals surface area contributed by atoms with Crippen LogP contribution >= 0.6 is 0 Å². The number of aliphatic hydroxyl groups is 1. The minimum absolute atomic E-state index is 0.319. The van der Waals surface area contributed by atoms with Crippen LogP contribution in [0.5, 0.6) is 0 Å². The number of unbranched alkanes of at least 4 members (excludes halogenated alkanes) is 1. The zero-order valence-corrected chi connectivity index (χ0v) is 8.00. The summed E-state index contributed by atoms with van der Waals surface area (Å²) >= 11 is 0. The molecule has 2 heteroatoms. The van der Waals surface area contributed by atoms with E-state index < -0.39 is 0 Å².